The summed E-state index contributed by atoms with van der Waals surface area (Å²) in [5.74, 6) is 0.973. The molecule has 1 atom stereocenters. The van der Waals surface area contributed by atoms with Crippen molar-refractivity contribution in [3.63, 3.8) is 0 Å². The lowest BCUT2D eigenvalue weighted by molar-refractivity contribution is 0.116. The SMILES string of the molecule is CCNC(=NCC1(c2cccs2)CCCCC1)NCC1CN(C)CCN1C. The largest absolute Gasteiger partial charge is 0.357 e. The van der Waals surface area contributed by atoms with E-state index >= 15 is 0 Å². The summed E-state index contributed by atoms with van der Waals surface area (Å²) in [6.07, 6.45) is 6.57. The third-order valence-electron chi connectivity index (χ3n) is 6.22. The lowest BCUT2D eigenvalue weighted by atomic mass is 9.73. The van der Waals surface area contributed by atoms with Crippen LogP contribution in [0.15, 0.2) is 22.5 Å². The Bertz CT molecular complexity index is 579. The molecular weight excluding hydrogens is 354 g/mol. The predicted octanol–water partition coefficient (Wildman–Crippen LogP) is 2.75. The third-order valence-corrected chi connectivity index (χ3v) is 7.34. The van der Waals surface area contributed by atoms with Crippen molar-refractivity contribution in [2.75, 3.05) is 53.4 Å². The van der Waals surface area contributed by atoms with Crippen molar-refractivity contribution < 1.29 is 0 Å². The van der Waals surface area contributed by atoms with Gasteiger partial charge in [0.2, 0.25) is 0 Å². The Morgan fingerprint density at radius 2 is 2.04 bits per heavy atom. The fourth-order valence-corrected chi connectivity index (χ4v) is 5.38. The molecule has 2 fully saturated rings. The van der Waals surface area contributed by atoms with Gasteiger partial charge < -0.3 is 15.5 Å². The van der Waals surface area contributed by atoms with Gasteiger partial charge in [-0.05, 0) is 45.3 Å². The van der Waals surface area contributed by atoms with Crippen molar-refractivity contribution in [3.8, 4) is 0 Å². The maximum Gasteiger partial charge on any atom is 0.191 e. The lowest BCUT2D eigenvalue weighted by Gasteiger charge is -2.38. The Morgan fingerprint density at radius 1 is 1.22 bits per heavy atom. The van der Waals surface area contributed by atoms with E-state index in [0.717, 1.165) is 45.2 Å². The zero-order valence-electron chi connectivity index (χ0n) is 17.3. The minimum atomic E-state index is 0.247. The van der Waals surface area contributed by atoms with Crippen molar-refractivity contribution in [2.24, 2.45) is 4.99 Å². The number of piperazine rings is 1. The summed E-state index contributed by atoms with van der Waals surface area (Å²) in [5.41, 5.74) is 0.247. The fraction of sp³-hybridized carbons (Fsp3) is 0.762. The molecule has 1 saturated heterocycles. The van der Waals surface area contributed by atoms with Crippen LogP contribution in [0.1, 0.15) is 43.9 Å². The summed E-state index contributed by atoms with van der Waals surface area (Å²) >= 11 is 1.91. The number of nitrogens with zero attached hydrogens (tertiary/aromatic N) is 3. The second-order valence-corrected chi connectivity index (χ2v) is 9.24. The van der Waals surface area contributed by atoms with E-state index in [1.165, 1.54) is 37.0 Å². The van der Waals surface area contributed by atoms with Crippen molar-refractivity contribution >= 4 is 17.3 Å². The van der Waals surface area contributed by atoms with Gasteiger partial charge in [0.05, 0.1) is 6.54 Å². The predicted molar refractivity (Wildman–Crippen MR) is 117 cm³/mol. The second-order valence-electron chi connectivity index (χ2n) is 8.29. The number of thiophene rings is 1. The lowest BCUT2D eigenvalue weighted by Crippen LogP contribution is -2.55. The summed E-state index contributed by atoms with van der Waals surface area (Å²) in [7, 11) is 4.45. The van der Waals surface area contributed by atoms with Crippen molar-refractivity contribution in [1.82, 2.24) is 20.4 Å². The Kier molecular flexibility index (Phi) is 7.56. The molecule has 1 aromatic rings. The maximum atomic E-state index is 5.06. The van der Waals surface area contributed by atoms with Crippen LogP contribution in [-0.2, 0) is 5.41 Å². The first-order valence-electron chi connectivity index (χ1n) is 10.6. The summed E-state index contributed by atoms with van der Waals surface area (Å²) in [6, 6.07) is 5.05. The first kappa shape index (κ1) is 20.6. The Hall–Kier alpha value is -1.11. The molecule has 1 unspecified atom stereocenters. The minimum absolute atomic E-state index is 0.247. The number of rotatable bonds is 6. The number of guanidine groups is 1. The van der Waals surface area contributed by atoms with E-state index in [0.29, 0.717) is 6.04 Å². The number of likely N-dealkylation sites (N-methyl/N-ethyl adjacent to an activating group) is 2. The van der Waals surface area contributed by atoms with Crippen LogP contribution >= 0.6 is 11.3 Å². The molecule has 1 aliphatic carbocycles. The number of nitrogens with one attached hydrogen (secondary N) is 2. The van der Waals surface area contributed by atoms with Crippen molar-refractivity contribution in [3.05, 3.63) is 22.4 Å². The molecule has 152 valence electrons. The third kappa shape index (κ3) is 5.46. The van der Waals surface area contributed by atoms with Crippen LogP contribution < -0.4 is 10.6 Å². The molecule has 1 saturated carbocycles. The average molecular weight is 392 g/mol. The van der Waals surface area contributed by atoms with Crippen LogP contribution in [0.5, 0.6) is 0 Å². The van der Waals surface area contributed by atoms with Gasteiger partial charge in [0.1, 0.15) is 0 Å². The molecule has 5 nitrogen and oxygen atoms in total. The normalized spacial score (nSPS) is 24.7. The standard InChI is InChI=1S/C21H37N5S/c1-4-22-20(23-15-18-16-25(2)12-13-26(18)3)24-17-21(10-6-5-7-11-21)19-9-8-14-27-19/h8-9,14,18H,4-7,10-13,15-17H2,1-3H3,(H2,22,23,24). The number of hydrogen-bond donors (Lipinski definition) is 2. The maximum absolute atomic E-state index is 5.06. The molecule has 2 aliphatic rings. The van der Waals surface area contributed by atoms with E-state index in [2.05, 4.69) is 59.0 Å². The van der Waals surface area contributed by atoms with Crippen LogP contribution in [-0.4, -0.2) is 75.2 Å². The quantitative estimate of drug-likeness (QED) is 0.578. The monoisotopic (exact) mass is 391 g/mol. The molecule has 27 heavy (non-hydrogen) atoms. The summed E-state index contributed by atoms with van der Waals surface area (Å²) < 4.78 is 0. The zero-order valence-corrected chi connectivity index (χ0v) is 18.2. The van der Waals surface area contributed by atoms with Gasteiger partial charge in [-0.1, -0.05) is 25.3 Å². The highest BCUT2D eigenvalue weighted by molar-refractivity contribution is 7.10. The van der Waals surface area contributed by atoms with E-state index in [1.54, 1.807) is 0 Å². The molecule has 0 aromatic carbocycles. The Labute approximate surface area is 169 Å². The molecule has 0 spiro atoms. The first-order valence-corrected chi connectivity index (χ1v) is 11.5. The fourth-order valence-electron chi connectivity index (χ4n) is 4.40. The molecule has 2 heterocycles. The van der Waals surface area contributed by atoms with Gasteiger partial charge in [-0.3, -0.25) is 9.89 Å². The van der Waals surface area contributed by atoms with Gasteiger partial charge in [-0.2, -0.15) is 0 Å². The summed E-state index contributed by atoms with van der Waals surface area (Å²) in [6.45, 7) is 8.29. The highest BCUT2D eigenvalue weighted by Crippen LogP contribution is 2.41. The van der Waals surface area contributed by atoms with Crippen molar-refractivity contribution in [2.45, 2.75) is 50.5 Å². The van der Waals surface area contributed by atoms with Gasteiger partial charge in [0.25, 0.3) is 0 Å². The van der Waals surface area contributed by atoms with E-state index in [9.17, 15) is 0 Å². The van der Waals surface area contributed by atoms with Crippen LogP contribution in [0.4, 0.5) is 0 Å². The molecular formula is C21H37N5S. The minimum Gasteiger partial charge on any atom is -0.357 e. The second kappa shape index (κ2) is 9.89. The van der Waals surface area contributed by atoms with Crippen molar-refractivity contribution in [1.29, 1.82) is 0 Å². The van der Waals surface area contributed by atoms with Gasteiger partial charge in [0, 0.05) is 49.1 Å². The van der Waals surface area contributed by atoms with Gasteiger partial charge in [0.15, 0.2) is 5.96 Å². The van der Waals surface area contributed by atoms with Crippen LogP contribution in [0.3, 0.4) is 0 Å². The van der Waals surface area contributed by atoms with Crippen LogP contribution in [0, 0.1) is 0 Å². The summed E-state index contributed by atoms with van der Waals surface area (Å²) in [5, 5.41) is 9.29. The molecule has 6 heteroatoms. The van der Waals surface area contributed by atoms with Gasteiger partial charge >= 0.3 is 0 Å². The molecule has 2 N–H and O–H groups in total. The zero-order chi connectivity index (χ0) is 19.1. The molecule has 3 rings (SSSR count). The van der Waals surface area contributed by atoms with Crippen LogP contribution in [0.25, 0.3) is 0 Å². The summed E-state index contributed by atoms with van der Waals surface area (Å²) in [4.78, 5) is 11.5. The van der Waals surface area contributed by atoms with E-state index in [-0.39, 0.29) is 5.41 Å². The number of aliphatic imine (C=N–C) groups is 1. The van der Waals surface area contributed by atoms with Gasteiger partial charge in [-0.15, -0.1) is 11.3 Å². The molecule has 0 radical (unpaired) electrons. The van der Waals surface area contributed by atoms with E-state index in [1.807, 2.05) is 11.3 Å². The Morgan fingerprint density at radius 3 is 2.74 bits per heavy atom. The number of hydrogen-bond acceptors (Lipinski definition) is 4. The van der Waals surface area contributed by atoms with Crippen LogP contribution in [0.2, 0.25) is 0 Å². The van der Waals surface area contributed by atoms with E-state index < -0.39 is 0 Å². The average Bonchev–Trinajstić information content (AvgIpc) is 3.23. The molecule has 1 aliphatic heterocycles. The molecule has 0 bridgehead atoms. The van der Waals surface area contributed by atoms with E-state index in [4.69, 9.17) is 4.99 Å². The highest BCUT2D eigenvalue weighted by atomic mass is 32.1. The van der Waals surface area contributed by atoms with Gasteiger partial charge in [-0.25, -0.2) is 0 Å². The molecule has 1 aromatic heterocycles. The molecule has 0 amide bonds. The smallest absolute Gasteiger partial charge is 0.191 e. The topological polar surface area (TPSA) is 42.9 Å². The highest BCUT2D eigenvalue weighted by Gasteiger charge is 2.34. The Balaban J connectivity index is 1.65. The first-order chi connectivity index (χ1) is 13.1.